The van der Waals surface area contributed by atoms with Crippen molar-refractivity contribution in [1.29, 1.82) is 0 Å². The Morgan fingerprint density at radius 2 is 1.93 bits per heavy atom. The molecule has 2 radical (unpaired) electrons. The number of rotatable bonds is 3. The maximum Gasteiger partial charge on any atom is 0.274 e. The molecule has 0 unspecified atom stereocenters. The highest BCUT2D eigenvalue weighted by Crippen LogP contribution is 2.37. The summed E-state index contributed by atoms with van der Waals surface area (Å²) in [6, 6.07) is 8.74. The molecule has 29 heavy (non-hydrogen) atoms. The lowest BCUT2D eigenvalue weighted by atomic mass is 9.73. The van der Waals surface area contributed by atoms with Gasteiger partial charge in [0.15, 0.2) is 23.0 Å². The van der Waals surface area contributed by atoms with Gasteiger partial charge in [-0.3, -0.25) is 4.79 Å². The van der Waals surface area contributed by atoms with Crippen LogP contribution in [0.2, 0.25) is 0 Å². The van der Waals surface area contributed by atoms with E-state index in [1.165, 1.54) is 16.8 Å². The molecule has 2 aliphatic heterocycles. The molecule has 0 bridgehead atoms. The van der Waals surface area contributed by atoms with Crippen LogP contribution in [0.1, 0.15) is 18.4 Å². The zero-order chi connectivity index (χ0) is 20.0. The van der Waals surface area contributed by atoms with Gasteiger partial charge >= 0.3 is 0 Å². The summed E-state index contributed by atoms with van der Waals surface area (Å²) >= 11 is 0. The monoisotopic (exact) mass is 390 g/mol. The SMILES string of the molecule is [B]C1(Oc2ccc3c(c2)OCO3)CCN(c2nn3c(=O)ccnc3cc2C)CC1. The Morgan fingerprint density at radius 1 is 1.14 bits per heavy atom. The highest BCUT2D eigenvalue weighted by molar-refractivity contribution is 6.14. The second-order valence-electron chi connectivity index (χ2n) is 7.37. The Bertz CT molecular complexity index is 1140. The normalized spacial score (nSPS) is 17.5. The van der Waals surface area contributed by atoms with Gasteiger partial charge in [0.1, 0.15) is 13.6 Å². The van der Waals surface area contributed by atoms with Gasteiger partial charge in [-0.05, 0) is 43.5 Å². The van der Waals surface area contributed by atoms with Crippen molar-refractivity contribution < 1.29 is 14.2 Å². The average molecular weight is 390 g/mol. The minimum absolute atomic E-state index is 0.201. The van der Waals surface area contributed by atoms with Crippen LogP contribution in [0.5, 0.6) is 17.2 Å². The molecule has 0 spiro atoms. The molecule has 0 aliphatic carbocycles. The molecular formula is C20H19BN4O4. The summed E-state index contributed by atoms with van der Waals surface area (Å²) in [5, 5.41) is 4.52. The van der Waals surface area contributed by atoms with Gasteiger partial charge in [0.05, 0.1) is 5.50 Å². The predicted molar refractivity (Wildman–Crippen MR) is 107 cm³/mol. The van der Waals surface area contributed by atoms with Crippen molar-refractivity contribution in [3.05, 3.63) is 52.4 Å². The molecule has 146 valence electrons. The molecule has 0 N–H and O–H groups in total. The van der Waals surface area contributed by atoms with Crippen molar-refractivity contribution in [3.8, 4) is 17.2 Å². The molecule has 1 fully saturated rings. The van der Waals surface area contributed by atoms with E-state index in [0.29, 0.717) is 48.8 Å². The summed E-state index contributed by atoms with van der Waals surface area (Å²) in [5.41, 5.74) is 0.514. The smallest absolute Gasteiger partial charge is 0.274 e. The standard InChI is InChI=1S/C20H19BN4O4/c1-13-10-17-22-7-4-18(26)25(17)23-19(13)24-8-5-20(21,6-9-24)29-14-2-3-15-16(11-14)28-12-27-15/h2-4,7,10-11H,5-6,8-9,12H2,1H3. The lowest BCUT2D eigenvalue weighted by Crippen LogP contribution is -2.49. The van der Waals surface area contributed by atoms with Crippen LogP contribution in [0, 0.1) is 6.92 Å². The second-order valence-corrected chi connectivity index (χ2v) is 7.37. The number of aromatic nitrogens is 3. The molecule has 3 aromatic rings. The number of piperidine rings is 1. The average Bonchev–Trinajstić information content (AvgIpc) is 3.16. The molecule has 0 amide bonds. The number of aryl methyl sites for hydroxylation is 1. The van der Waals surface area contributed by atoms with Crippen LogP contribution in [-0.4, -0.2) is 47.8 Å². The van der Waals surface area contributed by atoms with E-state index in [2.05, 4.69) is 15.0 Å². The molecule has 8 nitrogen and oxygen atoms in total. The Morgan fingerprint density at radius 3 is 2.76 bits per heavy atom. The van der Waals surface area contributed by atoms with Gasteiger partial charge in [-0.2, -0.15) is 4.52 Å². The molecule has 0 atom stereocenters. The molecule has 1 aromatic carbocycles. The van der Waals surface area contributed by atoms with Crippen molar-refractivity contribution in [3.63, 3.8) is 0 Å². The summed E-state index contributed by atoms with van der Waals surface area (Å²) in [6.45, 7) is 3.51. The van der Waals surface area contributed by atoms with E-state index in [-0.39, 0.29) is 12.4 Å². The lowest BCUT2D eigenvalue weighted by Gasteiger charge is -2.41. The van der Waals surface area contributed by atoms with Crippen molar-refractivity contribution >= 4 is 19.3 Å². The molecular weight excluding hydrogens is 371 g/mol. The van der Waals surface area contributed by atoms with Gasteiger partial charge in [0.25, 0.3) is 5.56 Å². The Kier molecular flexibility index (Phi) is 4.11. The largest absolute Gasteiger partial charge is 0.497 e. The summed E-state index contributed by atoms with van der Waals surface area (Å²) in [6.07, 6.45) is 2.72. The van der Waals surface area contributed by atoms with Crippen LogP contribution in [0.3, 0.4) is 0 Å². The number of ether oxygens (including phenoxy) is 3. The third-order valence-electron chi connectivity index (χ3n) is 5.32. The van der Waals surface area contributed by atoms with Crippen LogP contribution in [0.4, 0.5) is 5.82 Å². The molecule has 0 saturated carbocycles. The van der Waals surface area contributed by atoms with Gasteiger partial charge in [-0.15, -0.1) is 5.10 Å². The number of fused-ring (bicyclic) bond motifs is 2. The van der Waals surface area contributed by atoms with Gasteiger partial charge in [0.2, 0.25) is 6.79 Å². The van der Waals surface area contributed by atoms with Crippen LogP contribution >= 0.6 is 0 Å². The van der Waals surface area contributed by atoms with Gasteiger partial charge in [-0.1, -0.05) is 0 Å². The topological polar surface area (TPSA) is 78.2 Å². The molecule has 9 heteroatoms. The zero-order valence-corrected chi connectivity index (χ0v) is 16.0. The summed E-state index contributed by atoms with van der Waals surface area (Å²) < 4.78 is 18.2. The minimum atomic E-state index is -0.784. The fraction of sp³-hybridized carbons (Fsp3) is 0.350. The maximum absolute atomic E-state index is 12.1. The van der Waals surface area contributed by atoms with E-state index in [1.807, 2.05) is 25.1 Å². The van der Waals surface area contributed by atoms with E-state index in [9.17, 15) is 4.79 Å². The number of anilines is 1. The van der Waals surface area contributed by atoms with E-state index in [1.54, 1.807) is 6.07 Å². The maximum atomic E-state index is 12.1. The molecule has 1 saturated heterocycles. The summed E-state index contributed by atoms with van der Waals surface area (Å²) in [4.78, 5) is 18.4. The Balaban J connectivity index is 1.33. The number of hydrogen-bond acceptors (Lipinski definition) is 7. The first-order valence-corrected chi connectivity index (χ1v) is 9.49. The predicted octanol–water partition coefficient (Wildman–Crippen LogP) is 1.67. The molecule has 4 heterocycles. The van der Waals surface area contributed by atoms with E-state index < -0.39 is 5.50 Å². The fourth-order valence-electron chi connectivity index (χ4n) is 3.73. The second kappa shape index (κ2) is 6.68. The molecule has 5 rings (SSSR count). The Hall–Kier alpha value is -3.23. The molecule has 2 aliphatic rings. The first-order valence-electron chi connectivity index (χ1n) is 9.49. The third-order valence-corrected chi connectivity index (χ3v) is 5.32. The summed E-state index contributed by atoms with van der Waals surface area (Å²) in [5.74, 6) is 2.79. The van der Waals surface area contributed by atoms with Gasteiger partial charge in [-0.25, -0.2) is 4.98 Å². The van der Waals surface area contributed by atoms with Gasteiger partial charge < -0.3 is 19.1 Å². The van der Waals surface area contributed by atoms with Crippen molar-refractivity contribution in [2.45, 2.75) is 25.3 Å². The lowest BCUT2D eigenvalue weighted by molar-refractivity contribution is 0.126. The zero-order valence-electron chi connectivity index (χ0n) is 16.0. The quantitative estimate of drug-likeness (QED) is 0.630. The highest BCUT2D eigenvalue weighted by atomic mass is 16.7. The third kappa shape index (κ3) is 3.26. The Labute approximate surface area is 168 Å². The van der Waals surface area contributed by atoms with E-state index in [4.69, 9.17) is 22.1 Å². The first-order chi connectivity index (χ1) is 14.0. The van der Waals surface area contributed by atoms with Crippen LogP contribution in [0.25, 0.3) is 5.65 Å². The van der Waals surface area contributed by atoms with E-state index in [0.717, 1.165) is 11.4 Å². The van der Waals surface area contributed by atoms with Crippen molar-refractivity contribution in [2.75, 3.05) is 24.8 Å². The van der Waals surface area contributed by atoms with Gasteiger partial charge in [0, 0.05) is 31.4 Å². The van der Waals surface area contributed by atoms with Crippen LogP contribution in [0.15, 0.2) is 41.3 Å². The number of nitrogens with zero attached hydrogens (tertiary/aromatic N) is 4. The van der Waals surface area contributed by atoms with Crippen molar-refractivity contribution in [1.82, 2.24) is 14.6 Å². The van der Waals surface area contributed by atoms with Crippen LogP contribution in [-0.2, 0) is 0 Å². The summed E-state index contributed by atoms with van der Waals surface area (Å²) in [7, 11) is 6.52. The fourth-order valence-corrected chi connectivity index (χ4v) is 3.73. The van der Waals surface area contributed by atoms with Crippen LogP contribution < -0.4 is 24.7 Å². The number of hydrogen-bond donors (Lipinski definition) is 0. The van der Waals surface area contributed by atoms with Crippen molar-refractivity contribution in [2.24, 2.45) is 0 Å². The minimum Gasteiger partial charge on any atom is -0.497 e. The van der Waals surface area contributed by atoms with E-state index >= 15 is 0 Å². The highest BCUT2D eigenvalue weighted by Gasteiger charge is 2.33. The number of benzene rings is 1. The first kappa shape index (κ1) is 17.8. The molecule has 2 aromatic heterocycles.